The summed E-state index contributed by atoms with van der Waals surface area (Å²) in [6.45, 7) is 8.43. The standard InChI is InChI=1S/C31H40O4Si/c1-31(2,3)36(27-15-9-5-10-16-27,28-17-11-6-12-18-28)35-23-26-20-30(33)29(32)19-25(26)22-34-21-24-13-7-4-8-14-24/h4-18,25-26,29-30,32-33H,19-23H2,1-3H3/t25-,26-,29?,30?/m1/s1. The lowest BCUT2D eigenvalue weighted by Crippen LogP contribution is -2.67. The summed E-state index contributed by atoms with van der Waals surface area (Å²) in [6.07, 6.45) is -0.425. The van der Waals surface area contributed by atoms with Crippen LogP contribution >= 0.6 is 0 Å². The third-order valence-electron chi connectivity index (χ3n) is 7.57. The second kappa shape index (κ2) is 11.8. The fraction of sp³-hybridized carbons (Fsp3) is 0.419. The third kappa shape index (κ3) is 5.98. The van der Waals surface area contributed by atoms with E-state index >= 15 is 0 Å². The van der Waals surface area contributed by atoms with Crippen LogP contribution in [0.15, 0.2) is 91.0 Å². The largest absolute Gasteiger partial charge is 0.407 e. The highest BCUT2D eigenvalue weighted by molar-refractivity contribution is 6.99. The van der Waals surface area contributed by atoms with Crippen LogP contribution in [0.1, 0.15) is 39.2 Å². The predicted molar refractivity (Wildman–Crippen MR) is 148 cm³/mol. The van der Waals surface area contributed by atoms with Crippen molar-refractivity contribution in [1.29, 1.82) is 0 Å². The van der Waals surface area contributed by atoms with E-state index in [4.69, 9.17) is 9.16 Å². The zero-order chi connectivity index (χ0) is 25.6. The molecular weight excluding hydrogens is 464 g/mol. The van der Waals surface area contributed by atoms with Gasteiger partial charge < -0.3 is 19.4 Å². The number of aliphatic hydroxyl groups excluding tert-OH is 2. The van der Waals surface area contributed by atoms with Crippen LogP contribution in [-0.4, -0.2) is 44.0 Å². The monoisotopic (exact) mass is 504 g/mol. The third-order valence-corrected chi connectivity index (χ3v) is 12.6. The average Bonchev–Trinajstić information content (AvgIpc) is 2.88. The number of ether oxygens (including phenoxy) is 1. The molecule has 0 spiro atoms. The minimum atomic E-state index is -2.67. The van der Waals surface area contributed by atoms with Gasteiger partial charge in [0.05, 0.1) is 25.4 Å². The summed E-state index contributed by atoms with van der Waals surface area (Å²) in [5.41, 5.74) is 1.13. The summed E-state index contributed by atoms with van der Waals surface area (Å²) in [7, 11) is -2.67. The normalized spacial score (nSPS) is 22.9. The quantitative estimate of drug-likeness (QED) is 0.421. The maximum absolute atomic E-state index is 10.6. The molecule has 0 heterocycles. The first kappa shape index (κ1) is 26.8. The Morgan fingerprint density at radius 1 is 0.694 bits per heavy atom. The van der Waals surface area contributed by atoms with Crippen molar-refractivity contribution in [2.24, 2.45) is 11.8 Å². The molecule has 4 rings (SSSR count). The van der Waals surface area contributed by atoms with Crippen molar-refractivity contribution in [1.82, 2.24) is 0 Å². The predicted octanol–water partition coefficient (Wildman–Crippen LogP) is 4.53. The topological polar surface area (TPSA) is 58.9 Å². The molecule has 0 saturated heterocycles. The zero-order valence-electron chi connectivity index (χ0n) is 21.7. The van der Waals surface area contributed by atoms with Crippen molar-refractivity contribution >= 4 is 18.7 Å². The second-order valence-electron chi connectivity index (χ2n) is 11.1. The summed E-state index contributed by atoms with van der Waals surface area (Å²) >= 11 is 0. The van der Waals surface area contributed by atoms with Crippen LogP contribution in [0.25, 0.3) is 0 Å². The number of rotatable bonds is 9. The molecule has 3 aromatic rings. The molecule has 192 valence electrons. The maximum atomic E-state index is 10.6. The van der Waals surface area contributed by atoms with E-state index in [9.17, 15) is 10.2 Å². The highest BCUT2D eigenvalue weighted by Gasteiger charge is 2.51. The van der Waals surface area contributed by atoms with Crippen molar-refractivity contribution in [2.45, 2.75) is 57.5 Å². The Morgan fingerprint density at radius 2 is 1.14 bits per heavy atom. The van der Waals surface area contributed by atoms with Crippen LogP contribution in [0.3, 0.4) is 0 Å². The smallest absolute Gasteiger partial charge is 0.261 e. The molecule has 0 radical (unpaired) electrons. The molecule has 3 aromatic carbocycles. The van der Waals surface area contributed by atoms with Crippen LogP contribution in [0, 0.1) is 11.8 Å². The van der Waals surface area contributed by atoms with Crippen LogP contribution in [0.2, 0.25) is 5.04 Å². The fourth-order valence-electron chi connectivity index (χ4n) is 5.62. The lowest BCUT2D eigenvalue weighted by molar-refractivity contribution is -0.0750. The Labute approximate surface area is 217 Å². The van der Waals surface area contributed by atoms with Gasteiger partial charge in [0.2, 0.25) is 0 Å². The molecule has 2 N–H and O–H groups in total. The van der Waals surface area contributed by atoms with Crippen molar-refractivity contribution < 1.29 is 19.4 Å². The minimum Gasteiger partial charge on any atom is -0.407 e. The number of hydrogen-bond donors (Lipinski definition) is 2. The van der Waals surface area contributed by atoms with Gasteiger partial charge in [-0.1, -0.05) is 112 Å². The van der Waals surface area contributed by atoms with Gasteiger partial charge in [-0.25, -0.2) is 0 Å². The Kier molecular flexibility index (Phi) is 8.81. The Morgan fingerprint density at radius 3 is 1.61 bits per heavy atom. The summed E-state index contributed by atoms with van der Waals surface area (Å²) in [5, 5.41) is 23.4. The van der Waals surface area contributed by atoms with E-state index < -0.39 is 20.5 Å². The van der Waals surface area contributed by atoms with Crippen molar-refractivity contribution in [2.75, 3.05) is 13.2 Å². The fourth-order valence-corrected chi connectivity index (χ4v) is 10.2. The SMILES string of the molecule is CC(C)(C)[Si](OC[C@H]1CC(O)C(O)C[C@@H]1COCc1ccccc1)(c1ccccc1)c1ccccc1. The van der Waals surface area contributed by atoms with Gasteiger partial charge >= 0.3 is 0 Å². The lowest BCUT2D eigenvalue weighted by atomic mass is 9.77. The van der Waals surface area contributed by atoms with Crippen LogP contribution in [0.4, 0.5) is 0 Å². The average molecular weight is 505 g/mol. The molecule has 2 unspecified atom stereocenters. The lowest BCUT2D eigenvalue weighted by Gasteiger charge is -2.45. The summed E-state index contributed by atoms with van der Waals surface area (Å²) in [4.78, 5) is 0. The highest BCUT2D eigenvalue weighted by Crippen LogP contribution is 2.39. The first-order valence-corrected chi connectivity index (χ1v) is 14.9. The molecule has 0 amide bonds. The first-order chi connectivity index (χ1) is 17.3. The van der Waals surface area contributed by atoms with Crippen LogP contribution in [0.5, 0.6) is 0 Å². The van der Waals surface area contributed by atoms with E-state index in [1.54, 1.807) is 0 Å². The number of benzene rings is 3. The van der Waals surface area contributed by atoms with E-state index in [2.05, 4.69) is 93.6 Å². The van der Waals surface area contributed by atoms with E-state index in [1.165, 1.54) is 10.4 Å². The summed E-state index contributed by atoms with van der Waals surface area (Å²) in [6, 6.07) is 31.4. The van der Waals surface area contributed by atoms with Gasteiger partial charge in [-0.15, -0.1) is 0 Å². The van der Waals surface area contributed by atoms with E-state index in [-0.39, 0.29) is 16.9 Å². The molecular formula is C31H40O4Si. The summed E-state index contributed by atoms with van der Waals surface area (Å²) in [5.74, 6) is 0.214. The Bertz CT molecular complexity index is 1010. The van der Waals surface area contributed by atoms with Gasteiger partial charge in [0.15, 0.2) is 0 Å². The van der Waals surface area contributed by atoms with Crippen molar-refractivity contribution in [3.05, 3.63) is 96.6 Å². The zero-order valence-corrected chi connectivity index (χ0v) is 22.7. The first-order valence-electron chi connectivity index (χ1n) is 13.0. The molecule has 0 bridgehead atoms. The van der Waals surface area contributed by atoms with Gasteiger partial charge in [-0.3, -0.25) is 0 Å². The molecule has 4 nitrogen and oxygen atoms in total. The van der Waals surface area contributed by atoms with Gasteiger partial charge in [-0.2, -0.15) is 0 Å². The molecule has 0 aromatic heterocycles. The van der Waals surface area contributed by atoms with Crippen molar-refractivity contribution in [3.63, 3.8) is 0 Å². The molecule has 1 saturated carbocycles. The summed E-state index contributed by atoms with van der Waals surface area (Å²) < 4.78 is 13.3. The van der Waals surface area contributed by atoms with Crippen molar-refractivity contribution in [3.8, 4) is 0 Å². The molecule has 1 aliphatic rings. The van der Waals surface area contributed by atoms with Crippen LogP contribution in [-0.2, 0) is 15.8 Å². The van der Waals surface area contributed by atoms with Gasteiger partial charge in [0, 0.05) is 6.61 Å². The van der Waals surface area contributed by atoms with Crippen LogP contribution < -0.4 is 10.4 Å². The Hall–Kier alpha value is -2.28. The van der Waals surface area contributed by atoms with E-state index in [1.807, 2.05) is 18.2 Å². The second-order valence-corrected chi connectivity index (χ2v) is 15.4. The maximum Gasteiger partial charge on any atom is 0.261 e. The molecule has 5 heteroatoms. The molecule has 36 heavy (non-hydrogen) atoms. The Balaban J connectivity index is 1.58. The van der Waals surface area contributed by atoms with Gasteiger partial charge in [-0.05, 0) is 45.7 Å². The molecule has 1 fully saturated rings. The molecule has 4 atom stereocenters. The van der Waals surface area contributed by atoms with E-state index in [0.717, 1.165) is 5.56 Å². The minimum absolute atomic E-state index is 0.0980. The highest BCUT2D eigenvalue weighted by atomic mass is 28.4. The van der Waals surface area contributed by atoms with Gasteiger partial charge in [0.25, 0.3) is 8.32 Å². The number of hydrogen-bond acceptors (Lipinski definition) is 4. The van der Waals surface area contributed by atoms with Gasteiger partial charge in [0.1, 0.15) is 0 Å². The van der Waals surface area contributed by atoms with E-state index in [0.29, 0.717) is 32.7 Å². The number of aliphatic hydroxyl groups is 2. The molecule has 1 aliphatic carbocycles. The molecule has 0 aliphatic heterocycles.